The normalized spacial score (nSPS) is 14.6. The van der Waals surface area contributed by atoms with Crippen LogP contribution in [-0.4, -0.2) is 28.6 Å². The van der Waals surface area contributed by atoms with Crippen LogP contribution in [0.1, 0.15) is 48.7 Å². The summed E-state index contributed by atoms with van der Waals surface area (Å²) in [7, 11) is 0. The molecule has 0 aliphatic rings. The number of carbonyl (C=O) groups excluding carboxylic acids is 1. The minimum absolute atomic E-state index is 0.0389. The number of hydrogen-bond acceptors (Lipinski definition) is 5. The fourth-order valence-corrected chi connectivity index (χ4v) is 2.31. The summed E-state index contributed by atoms with van der Waals surface area (Å²) in [5, 5.41) is 14.3. The van der Waals surface area contributed by atoms with Crippen molar-refractivity contribution in [2.75, 3.05) is 6.61 Å². The first-order chi connectivity index (χ1) is 8.45. The van der Waals surface area contributed by atoms with Crippen LogP contribution < -0.4 is 11.1 Å². The highest BCUT2D eigenvalue weighted by Gasteiger charge is 2.19. The minimum atomic E-state index is -0.203. The molecule has 0 aliphatic heterocycles. The fourth-order valence-electron chi connectivity index (χ4n) is 1.55. The molecule has 1 aromatic rings. The summed E-state index contributed by atoms with van der Waals surface area (Å²) in [6.45, 7) is 5.92. The number of thiazole rings is 1. The lowest BCUT2D eigenvalue weighted by molar-refractivity contribution is 0.0912. The van der Waals surface area contributed by atoms with E-state index in [1.54, 1.807) is 5.38 Å². The van der Waals surface area contributed by atoms with Crippen molar-refractivity contribution in [2.24, 2.45) is 11.7 Å². The van der Waals surface area contributed by atoms with Gasteiger partial charge in [0.15, 0.2) is 0 Å². The van der Waals surface area contributed by atoms with E-state index in [0.717, 1.165) is 5.01 Å². The molecular weight excluding hydrogens is 250 g/mol. The second kappa shape index (κ2) is 6.82. The van der Waals surface area contributed by atoms with Crippen LogP contribution in [0, 0.1) is 5.92 Å². The van der Waals surface area contributed by atoms with E-state index in [1.807, 2.05) is 20.8 Å². The number of nitrogens with zero attached hydrogens (tertiary/aromatic N) is 1. The Morgan fingerprint density at radius 3 is 2.67 bits per heavy atom. The van der Waals surface area contributed by atoms with Crippen molar-refractivity contribution in [1.29, 1.82) is 0 Å². The summed E-state index contributed by atoms with van der Waals surface area (Å²) in [6, 6.07) is -0.196. The lowest BCUT2D eigenvalue weighted by Crippen LogP contribution is -2.39. The number of nitrogens with two attached hydrogens (primary N) is 1. The van der Waals surface area contributed by atoms with Gasteiger partial charge in [-0.2, -0.15) is 0 Å². The van der Waals surface area contributed by atoms with Gasteiger partial charge in [-0.15, -0.1) is 11.3 Å². The predicted octanol–water partition coefficient (Wildman–Crippen LogP) is 1.30. The van der Waals surface area contributed by atoms with Gasteiger partial charge in [-0.3, -0.25) is 4.79 Å². The zero-order valence-corrected chi connectivity index (χ0v) is 11.8. The van der Waals surface area contributed by atoms with Gasteiger partial charge in [0.25, 0.3) is 5.91 Å². The molecule has 1 amide bonds. The topological polar surface area (TPSA) is 88.2 Å². The molecule has 0 radical (unpaired) electrons. The van der Waals surface area contributed by atoms with E-state index in [-0.39, 0.29) is 30.5 Å². The molecule has 0 bridgehead atoms. The van der Waals surface area contributed by atoms with Crippen molar-refractivity contribution < 1.29 is 9.90 Å². The maximum Gasteiger partial charge on any atom is 0.270 e. The molecule has 2 unspecified atom stereocenters. The Bertz CT molecular complexity index is 390. The second-order valence-corrected chi connectivity index (χ2v) is 5.59. The lowest BCUT2D eigenvalue weighted by atomic mass is 10.0. The maximum atomic E-state index is 12.0. The van der Waals surface area contributed by atoms with Gasteiger partial charge < -0.3 is 16.2 Å². The quantitative estimate of drug-likeness (QED) is 0.727. The molecule has 1 aromatic heterocycles. The average molecular weight is 271 g/mol. The van der Waals surface area contributed by atoms with Gasteiger partial charge in [-0.05, 0) is 19.3 Å². The zero-order chi connectivity index (χ0) is 13.7. The number of aliphatic hydroxyl groups is 1. The maximum absolute atomic E-state index is 12.0. The Morgan fingerprint density at radius 1 is 1.56 bits per heavy atom. The highest BCUT2D eigenvalue weighted by molar-refractivity contribution is 7.09. The number of nitrogens with one attached hydrogen (secondary N) is 1. The highest BCUT2D eigenvalue weighted by atomic mass is 32.1. The van der Waals surface area contributed by atoms with Crippen molar-refractivity contribution >= 4 is 17.2 Å². The van der Waals surface area contributed by atoms with E-state index in [4.69, 9.17) is 10.8 Å². The van der Waals surface area contributed by atoms with Crippen LogP contribution in [0.4, 0.5) is 0 Å². The number of hydrogen-bond donors (Lipinski definition) is 3. The standard InChI is InChI=1S/C12H21N3O2S/c1-7(2)9(4-5-16)14-11(17)10-6-18-12(15-10)8(3)13/h6-9,16H,4-5,13H2,1-3H3,(H,14,17). The molecule has 0 aliphatic carbocycles. The smallest absolute Gasteiger partial charge is 0.270 e. The predicted molar refractivity (Wildman–Crippen MR) is 72.5 cm³/mol. The summed E-state index contributed by atoms with van der Waals surface area (Å²) in [5.41, 5.74) is 6.11. The SMILES string of the molecule is CC(N)c1nc(C(=O)NC(CCO)C(C)C)cs1. The summed E-state index contributed by atoms with van der Waals surface area (Å²) >= 11 is 1.39. The molecule has 18 heavy (non-hydrogen) atoms. The molecule has 1 heterocycles. The van der Waals surface area contributed by atoms with Crippen molar-refractivity contribution in [3.05, 3.63) is 16.1 Å². The third-order valence-corrected chi connectivity index (χ3v) is 3.75. The third kappa shape index (κ3) is 4.04. The molecule has 102 valence electrons. The Labute approximate surface area is 111 Å². The Balaban J connectivity index is 2.68. The van der Waals surface area contributed by atoms with E-state index in [0.29, 0.717) is 12.1 Å². The lowest BCUT2D eigenvalue weighted by Gasteiger charge is -2.20. The van der Waals surface area contributed by atoms with Crippen molar-refractivity contribution in [3.8, 4) is 0 Å². The van der Waals surface area contributed by atoms with Gasteiger partial charge in [-0.25, -0.2) is 4.98 Å². The van der Waals surface area contributed by atoms with Crippen LogP contribution in [-0.2, 0) is 0 Å². The molecule has 0 fully saturated rings. The van der Waals surface area contributed by atoms with Crippen LogP contribution in [0.15, 0.2) is 5.38 Å². The largest absolute Gasteiger partial charge is 0.396 e. The summed E-state index contributed by atoms with van der Waals surface area (Å²) in [6.07, 6.45) is 0.549. The molecule has 0 saturated carbocycles. The number of rotatable bonds is 6. The summed E-state index contributed by atoms with van der Waals surface area (Å²) in [5.74, 6) is 0.0675. The van der Waals surface area contributed by atoms with Gasteiger partial charge in [-0.1, -0.05) is 13.8 Å². The highest BCUT2D eigenvalue weighted by Crippen LogP contribution is 2.16. The number of aliphatic hydroxyl groups excluding tert-OH is 1. The van der Waals surface area contributed by atoms with E-state index in [2.05, 4.69) is 10.3 Å². The molecular formula is C12H21N3O2S. The summed E-state index contributed by atoms with van der Waals surface area (Å²) < 4.78 is 0. The van der Waals surface area contributed by atoms with Crippen molar-refractivity contribution in [3.63, 3.8) is 0 Å². The number of carbonyl (C=O) groups is 1. The second-order valence-electron chi connectivity index (χ2n) is 4.70. The van der Waals surface area contributed by atoms with Gasteiger partial charge in [0.1, 0.15) is 10.7 Å². The van der Waals surface area contributed by atoms with Crippen molar-refractivity contribution in [1.82, 2.24) is 10.3 Å². The molecule has 2 atom stereocenters. The van der Waals surface area contributed by atoms with E-state index >= 15 is 0 Å². The van der Waals surface area contributed by atoms with E-state index in [9.17, 15) is 4.79 Å². The van der Waals surface area contributed by atoms with Crippen LogP contribution in [0.3, 0.4) is 0 Å². The van der Waals surface area contributed by atoms with Crippen LogP contribution in [0.2, 0.25) is 0 Å². The molecule has 4 N–H and O–H groups in total. The first-order valence-electron chi connectivity index (χ1n) is 6.08. The Hall–Kier alpha value is -0.980. The molecule has 0 saturated heterocycles. The van der Waals surface area contributed by atoms with Gasteiger partial charge in [0.2, 0.25) is 0 Å². The van der Waals surface area contributed by atoms with Gasteiger partial charge in [0.05, 0.1) is 6.04 Å². The molecule has 0 spiro atoms. The third-order valence-electron chi connectivity index (χ3n) is 2.71. The minimum Gasteiger partial charge on any atom is -0.396 e. The molecule has 1 rings (SSSR count). The molecule has 5 nitrogen and oxygen atoms in total. The van der Waals surface area contributed by atoms with Crippen LogP contribution >= 0.6 is 11.3 Å². The van der Waals surface area contributed by atoms with Crippen molar-refractivity contribution in [2.45, 2.75) is 39.3 Å². The monoisotopic (exact) mass is 271 g/mol. The first kappa shape index (κ1) is 15.1. The fraction of sp³-hybridized carbons (Fsp3) is 0.667. The average Bonchev–Trinajstić information content (AvgIpc) is 2.77. The van der Waals surface area contributed by atoms with E-state index < -0.39 is 0 Å². The summed E-state index contributed by atoms with van der Waals surface area (Å²) in [4.78, 5) is 16.2. The number of amides is 1. The van der Waals surface area contributed by atoms with E-state index in [1.165, 1.54) is 11.3 Å². The van der Waals surface area contributed by atoms with Crippen LogP contribution in [0.5, 0.6) is 0 Å². The molecule has 6 heteroatoms. The van der Waals surface area contributed by atoms with Crippen LogP contribution in [0.25, 0.3) is 0 Å². The Morgan fingerprint density at radius 2 is 2.22 bits per heavy atom. The zero-order valence-electron chi connectivity index (χ0n) is 11.0. The first-order valence-corrected chi connectivity index (χ1v) is 6.96. The van der Waals surface area contributed by atoms with Gasteiger partial charge >= 0.3 is 0 Å². The van der Waals surface area contributed by atoms with Gasteiger partial charge in [0, 0.05) is 18.0 Å². The molecule has 0 aromatic carbocycles. The number of aromatic nitrogens is 1. The Kier molecular flexibility index (Phi) is 5.71.